The maximum absolute atomic E-state index is 12.8. The van der Waals surface area contributed by atoms with Crippen LogP contribution >= 0.6 is 0 Å². The van der Waals surface area contributed by atoms with E-state index >= 15 is 0 Å². The molecule has 1 amide bonds. The van der Waals surface area contributed by atoms with Gasteiger partial charge in [-0.3, -0.25) is 4.79 Å². The number of amides is 1. The van der Waals surface area contributed by atoms with E-state index in [-0.39, 0.29) is 5.92 Å². The third-order valence-corrected chi connectivity index (χ3v) is 5.59. The molecule has 21 heavy (non-hydrogen) atoms. The number of piperidine rings is 1. The summed E-state index contributed by atoms with van der Waals surface area (Å²) in [5.74, 6) is 1.17. The zero-order chi connectivity index (χ0) is 14.2. The zero-order valence-corrected chi connectivity index (χ0v) is 12.6. The van der Waals surface area contributed by atoms with E-state index in [1.54, 1.807) is 0 Å². The number of carbonyl (C=O) groups excluding carboxylic acids is 1. The van der Waals surface area contributed by atoms with Gasteiger partial charge in [0.15, 0.2) is 0 Å². The molecule has 1 N–H and O–H groups in total. The normalized spacial score (nSPS) is 31.6. The molecule has 0 spiro atoms. The Kier molecular flexibility index (Phi) is 3.46. The molecule has 3 heteroatoms. The van der Waals surface area contributed by atoms with Crippen molar-refractivity contribution in [2.45, 2.75) is 44.1 Å². The highest BCUT2D eigenvalue weighted by molar-refractivity contribution is 5.87. The molecule has 2 fully saturated rings. The van der Waals surface area contributed by atoms with E-state index in [4.69, 9.17) is 0 Å². The number of nitrogens with zero attached hydrogens (tertiary/aromatic N) is 1. The van der Waals surface area contributed by atoms with Crippen LogP contribution < -0.4 is 5.32 Å². The van der Waals surface area contributed by atoms with E-state index in [0.717, 1.165) is 26.1 Å². The Bertz CT molecular complexity index is 536. The SMILES string of the molecule is O=C(C1Cc2ccccc21)N1CCCC(C2CCCN2)C1. The second kappa shape index (κ2) is 5.45. The molecule has 3 atom stereocenters. The lowest BCUT2D eigenvalue weighted by Gasteiger charge is -2.40. The lowest BCUT2D eigenvalue weighted by molar-refractivity contribution is -0.135. The van der Waals surface area contributed by atoms with E-state index in [1.165, 1.54) is 36.8 Å². The smallest absolute Gasteiger partial charge is 0.230 e. The number of rotatable bonds is 2. The fourth-order valence-corrected chi connectivity index (χ4v) is 4.35. The van der Waals surface area contributed by atoms with Crippen LogP contribution in [-0.2, 0) is 11.2 Å². The molecule has 3 nitrogen and oxygen atoms in total. The van der Waals surface area contributed by atoms with Crippen LogP contribution in [0, 0.1) is 5.92 Å². The number of fused-ring (bicyclic) bond motifs is 1. The summed E-state index contributed by atoms with van der Waals surface area (Å²) in [6.07, 6.45) is 5.98. The maximum Gasteiger partial charge on any atom is 0.230 e. The van der Waals surface area contributed by atoms with Gasteiger partial charge in [0.05, 0.1) is 5.92 Å². The minimum atomic E-state index is 0.136. The molecule has 3 aliphatic rings. The first-order chi connectivity index (χ1) is 10.3. The predicted molar refractivity (Wildman–Crippen MR) is 83.2 cm³/mol. The quantitative estimate of drug-likeness (QED) is 0.904. The summed E-state index contributed by atoms with van der Waals surface area (Å²) >= 11 is 0. The van der Waals surface area contributed by atoms with Crippen LogP contribution in [0.25, 0.3) is 0 Å². The minimum absolute atomic E-state index is 0.136. The number of nitrogens with one attached hydrogen (secondary N) is 1. The van der Waals surface area contributed by atoms with Crippen LogP contribution in [0.2, 0.25) is 0 Å². The summed E-state index contributed by atoms with van der Waals surface area (Å²) in [5.41, 5.74) is 2.63. The molecular formula is C18H24N2O. The Morgan fingerprint density at radius 2 is 2.10 bits per heavy atom. The summed E-state index contributed by atoms with van der Waals surface area (Å²) in [6.45, 7) is 3.08. The summed E-state index contributed by atoms with van der Waals surface area (Å²) in [6, 6.07) is 9.05. The molecule has 2 saturated heterocycles. The molecule has 1 aliphatic carbocycles. The van der Waals surface area contributed by atoms with Gasteiger partial charge in [0, 0.05) is 19.1 Å². The van der Waals surface area contributed by atoms with E-state index in [9.17, 15) is 4.79 Å². The molecule has 0 aromatic heterocycles. The summed E-state index contributed by atoms with van der Waals surface area (Å²) in [5, 5.41) is 3.62. The second-order valence-electron chi connectivity index (χ2n) is 6.84. The van der Waals surface area contributed by atoms with E-state index in [0.29, 0.717) is 17.9 Å². The molecule has 0 bridgehead atoms. The van der Waals surface area contributed by atoms with Gasteiger partial charge in [-0.1, -0.05) is 24.3 Å². The highest BCUT2D eigenvalue weighted by Crippen LogP contribution is 2.37. The van der Waals surface area contributed by atoms with Crippen molar-refractivity contribution in [3.8, 4) is 0 Å². The highest BCUT2D eigenvalue weighted by atomic mass is 16.2. The predicted octanol–water partition coefficient (Wildman–Crippen LogP) is 2.32. The number of hydrogen-bond acceptors (Lipinski definition) is 2. The van der Waals surface area contributed by atoms with Gasteiger partial charge in [0.2, 0.25) is 5.91 Å². The first-order valence-corrected chi connectivity index (χ1v) is 8.43. The van der Waals surface area contributed by atoms with Gasteiger partial charge in [-0.25, -0.2) is 0 Å². The van der Waals surface area contributed by atoms with Gasteiger partial charge in [0.25, 0.3) is 0 Å². The average Bonchev–Trinajstić information content (AvgIpc) is 3.03. The lowest BCUT2D eigenvalue weighted by Crippen LogP contribution is -2.48. The molecular weight excluding hydrogens is 260 g/mol. The van der Waals surface area contributed by atoms with Gasteiger partial charge in [-0.05, 0) is 55.7 Å². The van der Waals surface area contributed by atoms with Crippen molar-refractivity contribution < 1.29 is 4.79 Å². The van der Waals surface area contributed by atoms with E-state index < -0.39 is 0 Å². The van der Waals surface area contributed by atoms with Crippen molar-refractivity contribution in [1.82, 2.24) is 10.2 Å². The van der Waals surface area contributed by atoms with Gasteiger partial charge in [0.1, 0.15) is 0 Å². The van der Waals surface area contributed by atoms with Crippen LogP contribution in [0.4, 0.5) is 0 Å². The van der Waals surface area contributed by atoms with Crippen molar-refractivity contribution in [1.29, 1.82) is 0 Å². The lowest BCUT2D eigenvalue weighted by atomic mass is 9.76. The van der Waals surface area contributed by atoms with E-state index in [2.05, 4.69) is 34.5 Å². The Balaban J connectivity index is 1.43. The molecule has 112 valence electrons. The fraction of sp³-hybridized carbons (Fsp3) is 0.611. The molecule has 1 aromatic rings. The average molecular weight is 284 g/mol. The topological polar surface area (TPSA) is 32.3 Å². The first kappa shape index (κ1) is 13.3. The third-order valence-electron chi connectivity index (χ3n) is 5.59. The Morgan fingerprint density at radius 1 is 1.19 bits per heavy atom. The van der Waals surface area contributed by atoms with Gasteiger partial charge < -0.3 is 10.2 Å². The maximum atomic E-state index is 12.8. The largest absolute Gasteiger partial charge is 0.342 e. The number of likely N-dealkylation sites (tertiary alicyclic amines) is 1. The zero-order valence-electron chi connectivity index (χ0n) is 12.6. The van der Waals surface area contributed by atoms with Crippen LogP contribution in [0.3, 0.4) is 0 Å². The summed E-state index contributed by atoms with van der Waals surface area (Å²) in [7, 11) is 0. The molecule has 4 rings (SSSR count). The highest BCUT2D eigenvalue weighted by Gasteiger charge is 2.37. The summed E-state index contributed by atoms with van der Waals surface area (Å²) < 4.78 is 0. The Hall–Kier alpha value is -1.35. The molecule has 0 saturated carbocycles. The van der Waals surface area contributed by atoms with Gasteiger partial charge >= 0.3 is 0 Å². The second-order valence-corrected chi connectivity index (χ2v) is 6.84. The molecule has 2 heterocycles. The minimum Gasteiger partial charge on any atom is -0.342 e. The summed E-state index contributed by atoms with van der Waals surface area (Å²) in [4.78, 5) is 15.0. The van der Waals surface area contributed by atoms with Crippen LogP contribution in [0.1, 0.15) is 42.7 Å². The van der Waals surface area contributed by atoms with Crippen LogP contribution in [-0.4, -0.2) is 36.5 Å². The van der Waals surface area contributed by atoms with Crippen LogP contribution in [0.5, 0.6) is 0 Å². The number of benzene rings is 1. The number of carbonyl (C=O) groups is 1. The van der Waals surface area contributed by atoms with Gasteiger partial charge in [-0.2, -0.15) is 0 Å². The Morgan fingerprint density at radius 3 is 2.90 bits per heavy atom. The van der Waals surface area contributed by atoms with Crippen molar-refractivity contribution in [2.75, 3.05) is 19.6 Å². The third kappa shape index (κ3) is 2.38. The van der Waals surface area contributed by atoms with Crippen molar-refractivity contribution in [2.24, 2.45) is 5.92 Å². The van der Waals surface area contributed by atoms with Gasteiger partial charge in [-0.15, -0.1) is 0 Å². The molecule has 3 unspecified atom stereocenters. The van der Waals surface area contributed by atoms with Crippen molar-refractivity contribution >= 4 is 5.91 Å². The monoisotopic (exact) mass is 284 g/mol. The molecule has 0 radical (unpaired) electrons. The standard InChI is InChI=1S/C18H24N2O/c21-18(16-11-13-5-1-2-7-15(13)16)20-10-4-6-14(12-20)17-8-3-9-19-17/h1-2,5,7,14,16-17,19H,3-4,6,8-12H2. The molecule has 2 aliphatic heterocycles. The van der Waals surface area contributed by atoms with E-state index in [1.807, 2.05) is 0 Å². The van der Waals surface area contributed by atoms with Crippen LogP contribution in [0.15, 0.2) is 24.3 Å². The fourth-order valence-electron chi connectivity index (χ4n) is 4.35. The number of hydrogen-bond donors (Lipinski definition) is 1. The van der Waals surface area contributed by atoms with Crippen molar-refractivity contribution in [3.05, 3.63) is 35.4 Å². The molecule has 1 aromatic carbocycles. The van der Waals surface area contributed by atoms with Crippen molar-refractivity contribution in [3.63, 3.8) is 0 Å². The Labute approximate surface area is 126 Å². The first-order valence-electron chi connectivity index (χ1n) is 8.43.